The molecule has 110 heavy (non-hydrogen) atoms. The van der Waals surface area contributed by atoms with Crippen LogP contribution >= 0.6 is 15.6 Å². The van der Waals surface area contributed by atoms with Gasteiger partial charge in [-0.2, -0.15) is 0 Å². The van der Waals surface area contributed by atoms with Crippen LogP contribution in [0, 0.1) is 23.7 Å². The van der Waals surface area contributed by atoms with Crippen LogP contribution in [0.25, 0.3) is 0 Å². The van der Waals surface area contributed by atoms with Gasteiger partial charge in [-0.15, -0.1) is 0 Å². The number of hydrogen-bond acceptors (Lipinski definition) is 15. The fourth-order valence-electron chi connectivity index (χ4n) is 14.2. The topological polar surface area (TPSA) is 237 Å². The molecule has 0 aromatic rings. The summed E-state index contributed by atoms with van der Waals surface area (Å²) in [6, 6.07) is 0. The number of hydrogen-bond donors (Lipinski definition) is 3. The zero-order valence-electron chi connectivity index (χ0n) is 72.9. The minimum absolute atomic E-state index is 0.107. The van der Waals surface area contributed by atoms with Gasteiger partial charge in [-0.05, 0) is 49.4 Å². The Labute approximate surface area is 677 Å². The molecule has 3 N–H and O–H groups in total. The lowest BCUT2D eigenvalue weighted by atomic mass is 10.0. The fourth-order valence-corrected chi connectivity index (χ4v) is 15.8. The normalized spacial score (nSPS) is 13.8. The van der Waals surface area contributed by atoms with E-state index in [2.05, 4.69) is 55.4 Å². The Morgan fingerprint density at radius 1 is 0.227 bits per heavy atom. The molecule has 0 aromatic heterocycles. The first kappa shape index (κ1) is 108. The number of unbranched alkanes of at least 4 members (excludes halogenated alkanes) is 54. The minimum atomic E-state index is -4.97. The molecule has 19 heteroatoms. The molecule has 17 nitrogen and oxygen atoms in total. The van der Waals surface area contributed by atoms with E-state index in [9.17, 15) is 43.2 Å². The Morgan fingerprint density at radius 3 is 0.564 bits per heavy atom. The number of carbonyl (C=O) groups excluding carboxylic acids is 4. The van der Waals surface area contributed by atoms with Crippen LogP contribution in [0.1, 0.15) is 479 Å². The van der Waals surface area contributed by atoms with Crippen molar-refractivity contribution < 1.29 is 80.2 Å². The predicted octanol–water partition coefficient (Wildman–Crippen LogP) is 27.9. The fraction of sp³-hybridized carbons (Fsp3) is 0.956. The van der Waals surface area contributed by atoms with Gasteiger partial charge >= 0.3 is 39.5 Å². The summed E-state index contributed by atoms with van der Waals surface area (Å²) < 4.78 is 69.1. The van der Waals surface area contributed by atoms with E-state index in [-0.39, 0.29) is 25.7 Å². The van der Waals surface area contributed by atoms with E-state index in [1.807, 2.05) is 0 Å². The first-order valence-electron chi connectivity index (χ1n) is 46.7. The van der Waals surface area contributed by atoms with Crippen molar-refractivity contribution in [2.24, 2.45) is 23.7 Å². The molecule has 0 aliphatic rings. The quantitative estimate of drug-likeness (QED) is 0.0222. The Hall–Kier alpha value is -1.94. The molecule has 2 unspecified atom stereocenters. The van der Waals surface area contributed by atoms with Crippen molar-refractivity contribution in [1.29, 1.82) is 0 Å². The summed E-state index contributed by atoms with van der Waals surface area (Å²) in [6.07, 6.45) is 70.9. The van der Waals surface area contributed by atoms with E-state index >= 15 is 0 Å². The summed E-state index contributed by atoms with van der Waals surface area (Å²) in [5.74, 6) is 1.07. The lowest BCUT2D eigenvalue weighted by Gasteiger charge is -2.21. The van der Waals surface area contributed by atoms with Crippen LogP contribution in [-0.2, 0) is 65.4 Å². The van der Waals surface area contributed by atoms with Gasteiger partial charge in [-0.25, -0.2) is 9.13 Å². The van der Waals surface area contributed by atoms with E-state index in [1.54, 1.807) is 0 Å². The lowest BCUT2D eigenvalue weighted by Crippen LogP contribution is -2.30. The number of esters is 4. The summed E-state index contributed by atoms with van der Waals surface area (Å²) in [5.41, 5.74) is 0. The average molecular weight is 1610 g/mol. The highest BCUT2D eigenvalue weighted by Crippen LogP contribution is 2.45. The SMILES string of the molecule is CC(C)CCCCCCCCCCCCCCCCCCCCC(=O)OC[C@H](COP(=O)(O)OC[C@@H](O)COP(=O)(O)OC[C@@H](COC(=O)CCCCCCCCCCCC(C)C)OC(=O)CCCCCCCCCCCCCCCC(C)C)OC(=O)CCCCCCCCCCCCCCCCCCCCC(C)C. The number of rotatable bonds is 88. The van der Waals surface area contributed by atoms with E-state index in [0.717, 1.165) is 114 Å². The van der Waals surface area contributed by atoms with Crippen LogP contribution in [0.4, 0.5) is 0 Å². The number of phosphoric acid groups is 2. The predicted molar refractivity (Wildman–Crippen MR) is 455 cm³/mol. The molecule has 0 aliphatic carbocycles. The van der Waals surface area contributed by atoms with Gasteiger partial charge in [0.1, 0.15) is 19.3 Å². The molecular formula is C91H178O17P2. The average Bonchev–Trinajstić information content (AvgIpc) is 0.886. The second-order valence-corrected chi connectivity index (χ2v) is 37.5. The Bertz CT molecular complexity index is 2130. The molecule has 0 saturated carbocycles. The molecule has 0 spiro atoms. The van der Waals surface area contributed by atoms with Gasteiger partial charge in [0.25, 0.3) is 0 Å². The standard InChI is InChI=1S/C91H178O17P2/c1-81(2)67-59-51-43-35-28-22-17-13-9-11-15-19-25-31-39-47-55-63-71-88(93)101-77-86(107-90(95)73-65-57-49-40-32-26-20-16-12-10-14-18-23-29-36-44-52-60-68-82(3)4)79-105-109(97,98)103-75-85(92)76-104-110(99,100)106-80-87(78-102-89(94)72-64-56-48-42-34-38-46-54-62-70-84(7)8)108-91(96)74-66-58-50-41-33-27-21-24-30-37-45-53-61-69-83(5)6/h81-87,92H,9-80H2,1-8H3,(H,97,98)(H,99,100)/t85-,86-,87-/m1/s1. The van der Waals surface area contributed by atoms with Gasteiger partial charge in [0.05, 0.1) is 26.4 Å². The van der Waals surface area contributed by atoms with E-state index in [0.29, 0.717) is 25.7 Å². The van der Waals surface area contributed by atoms with Crippen molar-refractivity contribution in [3.63, 3.8) is 0 Å². The molecule has 0 radical (unpaired) electrons. The van der Waals surface area contributed by atoms with E-state index < -0.39 is 97.5 Å². The maximum atomic E-state index is 13.2. The number of ether oxygens (including phenoxy) is 4. The molecule has 0 rings (SSSR count). The van der Waals surface area contributed by atoms with Crippen LogP contribution in [0.5, 0.6) is 0 Å². The number of carbonyl (C=O) groups is 4. The summed E-state index contributed by atoms with van der Waals surface area (Å²) in [5, 5.41) is 10.7. The zero-order chi connectivity index (χ0) is 80.9. The third kappa shape index (κ3) is 84.0. The first-order valence-corrected chi connectivity index (χ1v) is 49.7. The Morgan fingerprint density at radius 2 is 0.382 bits per heavy atom. The van der Waals surface area contributed by atoms with Crippen molar-refractivity contribution in [1.82, 2.24) is 0 Å². The highest BCUT2D eigenvalue weighted by molar-refractivity contribution is 7.47. The van der Waals surface area contributed by atoms with Crippen molar-refractivity contribution in [2.75, 3.05) is 39.6 Å². The van der Waals surface area contributed by atoms with Crippen LogP contribution in [-0.4, -0.2) is 96.7 Å². The molecule has 654 valence electrons. The van der Waals surface area contributed by atoms with E-state index in [1.165, 1.54) is 283 Å². The largest absolute Gasteiger partial charge is 0.472 e. The third-order valence-corrected chi connectivity index (χ3v) is 23.2. The van der Waals surface area contributed by atoms with Crippen molar-refractivity contribution in [3.8, 4) is 0 Å². The van der Waals surface area contributed by atoms with Crippen LogP contribution in [0.15, 0.2) is 0 Å². The van der Waals surface area contributed by atoms with Crippen LogP contribution < -0.4 is 0 Å². The van der Waals surface area contributed by atoms with Gasteiger partial charge in [0.15, 0.2) is 12.2 Å². The van der Waals surface area contributed by atoms with Gasteiger partial charge in [-0.3, -0.25) is 37.3 Å². The monoisotopic (exact) mass is 1610 g/mol. The maximum absolute atomic E-state index is 13.2. The Balaban J connectivity index is 5.25. The molecular weight excluding hydrogens is 1430 g/mol. The van der Waals surface area contributed by atoms with Gasteiger partial charge in [-0.1, -0.05) is 428 Å². The molecule has 0 amide bonds. The number of phosphoric ester groups is 2. The van der Waals surface area contributed by atoms with Crippen LogP contribution in [0.2, 0.25) is 0 Å². The highest BCUT2D eigenvalue weighted by Gasteiger charge is 2.31. The maximum Gasteiger partial charge on any atom is 0.472 e. The van der Waals surface area contributed by atoms with Gasteiger partial charge < -0.3 is 33.8 Å². The van der Waals surface area contributed by atoms with Crippen molar-refractivity contribution >= 4 is 39.5 Å². The molecule has 0 aromatic carbocycles. The summed E-state index contributed by atoms with van der Waals surface area (Å²) in [7, 11) is -9.94. The van der Waals surface area contributed by atoms with Crippen molar-refractivity contribution in [3.05, 3.63) is 0 Å². The first-order chi connectivity index (χ1) is 53.1. The van der Waals surface area contributed by atoms with Gasteiger partial charge in [0.2, 0.25) is 0 Å². The summed E-state index contributed by atoms with van der Waals surface area (Å²) >= 11 is 0. The number of aliphatic hydroxyl groups excluding tert-OH is 1. The second-order valence-electron chi connectivity index (χ2n) is 34.6. The van der Waals surface area contributed by atoms with Crippen LogP contribution in [0.3, 0.4) is 0 Å². The molecule has 5 atom stereocenters. The highest BCUT2D eigenvalue weighted by atomic mass is 31.2. The summed E-state index contributed by atoms with van der Waals surface area (Å²) in [6.45, 7) is 14.4. The number of aliphatic hydroxyl groups is 1. The second kappa shape index (κ2) is 79.5. The lowest BCUT2D eigenvalue weighted by molar-refractivity contribution is -0.161. The molecule has 0 saturated heterocycles. The smallest absolute Gasteiger partial charge is 0.462 e. The minimum Gasteiger partial charge on any atom is -0.462 e. The molecule has 0 bridgehead atoms. The van der Waals surface area contributed by atoms with Crippen molar-refractivity contribution in [2.45, 2.75) is 497 Å². The molecule has 0 fully saturated rings. The van der Waals surface area contributed by atoms with E-state index in [4.69, 9.17) is 37.0 Å². The molecule has 0 heterocycles. The Kier molecular flexibility index (Phi) is 78.1. The third-order valence-electron chi connectivity index (χ3n) is 21.3. The molecule has 0 aliphatic heterocycles. The zero-order valence-corrected chi connectivity index (χ0v) is 74.7. The van der Waals surface area contributed by atoms with Gasteiger partial charge in [0, 0.05) is 25.7 Å². The summed E-state index contributed by atoms with van der Waals surface area (Å²) in [4.78, 5) is 73.4.